The number of methoxy groups -OCH3 is 1. The fourth-order valence-electron chi connectivity index (χ4n) is 1.66. The Morgan fingerprint density at radius 3 is 2.50 bits per heavy atom. The molecule has 0 spiro atoms. The third-order valence-electron chi connectivity index (χ3n) is 2.69. The van der Waals surface area contributed by atoms with Crippen LogP contribution in [0.2, 0.25) is 5.02 Å². The third kappa shape index (κ3) is 5.67. The fraction of sp³-hybridized carbons (Fsp3) is 0.500. The Balaban J connectivity index is 2.28. The second kappa shape index (κ2) is 8.66. The summed E-state index contributed by atoms with van der Waals surface area (Å²) in [7, 11) is 1.63. The normalized spacial score (nSPS) is 10.2. The largest absolute Gasteiger partial charge is 0.473 e. The maximum absolute atomic E-state index is 11.4. The van der Waals surface area contributed by atoms with E-state index >= 15 is 0 Å². The van der Waals surface area contributed by atoms with Crippen molar-refractivity contribution in [3.63, 3.8) is 0 Å². The Morgan fingerprint density at radius 1 is 1.25 bits per heavy atom. The van der Waals surface area contributed by atoms with E-state index in [0.29, 0.717) is 18.9 Å². The number of rotatable bonds is 7. The second-order valence-electron chi connectivity index (χ2n) is 4.44. The van der Waals surface area contributed by atoms with Gasteiger partial charge in [0.1, 0.15) is 5.75 Å². The minimum absolute atomic E-state index is 0.108. The molecule has 0 saturated heterocycles. The molecule has 0 aliphatic rings. The van der Waals surface area contributed by atoms with Crippen molar-refractivity contribution in [1.82, 2.24) is 10.6 Å². The third-order valence-corrected chi connectivity index (χ3v) is 3.29. The van der Waals surface area contributed by atoms with E-state index in [2.05, 4.69) is 10.6 Å². The van der Waals surface area contributed by atoms with Gasteiger partial charge >= 0.3 is 6.03 Å². The van der Waals surface area contributed by atoms with Gasteiger partial charge in [0.05, 0.1) is 0 Å². The van der Waals surface area contributed by atoms with E-state index in [4.69, 9.17) is 21.1 Å². The minimum atomic E-state index is -0.261. The molecule has 0 heterocycles. The predicted molar refractivity (Wildman–Crippen MR) is 79.4 cm³/mol. The number of halogens is 1. The summed E-state index contributed by atoms with van der Waals surface area (Å²) in [5, 5.41) is 6.06. The van der Waals surface area contributed by atoms with Crippen LogP contribution in [0.1, 0.15) is 17.5 Å². The number of hydrogen-bond acceptors (Lipinski definition) is 3. The zero-order valence-corrected chi connectivity index (χ0v) is 12.8. The molecule has 0 aromatic heterocycles. The maximum Gasteiger partial charge on any atom is 0.317 e. The number of ether oxygens (including phenoxy) is 2. The molecule has 2 amide bonds. The predicted octanol–water partition coefficient (Wildman–Crippen LogP) is 2.63. The van der Waals surface area contributed by atoms with Crippen molar-refractivity contribution in [2.24, 2.45) is 0 Å². The van der Waals surface area contributed by atoms with Crippen molar-refractivity contribution in [3.8, 4) is 5.75 Å². The van der Waals surface area contributed by atoms with Gasteiger partial charge < -0.3 is 20.1 Å². The first kappa shape index (κ1) is 16.6. The smallest absolute Gasteiger partial charge is 0.317 e. The van der Waals surface area contributed by atoms with Crippen LogP contribution < -0.4 is 15.4 Å². The standard InChI is InChI=1S/C14H21ClN2O3/c1-10-7-12(8-11(2)13(10)15)20-9-17-14(18)16-5-4-6-19-3/h7-8H,4-6,9H2,1-3H3,(H2,16,17,18). The molecule has 112 valence electrons. The Labute approximate surface area is 124 Å². The van der Waals surface area contributed by atoms with Gasteiger partial charge in [-0.3, -0.25) is 0 Å². The van der Waals surface area contributed by atoms with E-state index in [0.717, 1.165) is 22.6 Å². The van der Waals surface area contributed by atoms with E-state index in [1.54, 1.807) is 7.11 Å². The number of carbonyl (C=O) groups excluding carboxylic acids is 1. The molecule has 0 atom stereocenters. The Kier molecular flexibility index (Phi) is 7.18. The van der Waals surface area contributed by atoms with Gasteiger partial charge in [0.15, 0.2) is 6.73 Å². The monoisotopic (exact) mass is 300 g/mol. The highest BCUT2D eigenvalue weighted by Crippen LogP contribution is 2.25. The molecule has 0 saturated carbocycles. The van der Waals surface area contributed by atoms with E-state index in [1.807, 2.05) is 26.0 Å². The molecule has 1 rings (SSSR count). The lowest BCUT2D eigenvalue weighted by Gasteiger charge is -2.11. The highest BCUT2D eigenvalue weighted by molar-refractivity contribution is 6.32. The van der Waals surface area contributed by atoms with E-state index in [-0.39, 0.29) is 12.8 Å². The molecule has 0 radical (unpaired) electrons. The summed E-state index contributed by atoms with van der Waals surface area (Å²) in [5.74, 6) is 0.684. The van der Waals surface area contributed by atoms with E-state index < -0.39 is 0 Å². The number of nitrogens with one attached hydrogen (secondary N) is 2. The van der Waals surface area contributed by atoms with Crippen LogP contribution in [0, 0.1) is 13.8 Å². The lowest BCUT2D eigenvalue weighted by Crippen LogP contribution is -2.38. The fourth-order valence-corrected chi connectivity index (χ4v) is 1.76. The van der Waals surface area contributed by atoms with Crippen molar-refractivity contribution in [2.75, 3.05) is 27.0 Å². The molecule has 0 bridgehead atoms. The van der Waals surface area contributed by atoms with Crippen molar-refractivity contribution in [2.45, 2.75) is 20.3 Å². The first-order valence-electron chi connectivity index (χ1n) is 6.44. The summed E-state index contributed by atoms with van der Waals surface area (Å²) in [6, 6.07) is 3.42. The summed E-state index contributed by atoms with van der Waals surface area (Å²) in [6.07, 6.45) is 0.778. The molecule has 0 aliphatic carbocycles. The number of hydrogen-bond donors (Lipinski definition) is 2. The summed E-state index contributed by atoms with van der Waals surface area (Å²) in [4.78, 5) is 11.4. The number of amides is 2. The second-order valence-corrected chi connectivity index (χ2v) is 4.82. The van der Waals surface area contributed by atoms with Crippen molar-refractivity contribution >= 4 is 17.6 Å². The Morgan fingerprint density at radius 2 is 1.90 bits per heavy atom. The quantitative estimate of drug-likeness (QED) is 0.601. The molecular formula is C14H21ClN2O3. The molecule has 0 aliphatic heterocycles. The number of aryl methyl sites for hydroxylation is 2. The lowest BCUT2D eigenvalue weighted by molar-refractivity contribution is 0.192. The highest BCUT2D eigenvalue weighted by Gasteiger charge is 2.04. The first-order chi connectivity index (χ1) is 9.54. The van der Waals surface area contributed by atoms with Gasteiger partial charge in [-0.05, 0) is 43.5 Å². The van der Waals surface area contributed by atoms with E-state index in [1.165, 1.54) is 0 Å². The number of urea groups is 1. The SMILES string of the molecule is COCCCNC(=O)NCOc1cc(C)c(Cl)c(C)c1. The summed E-state index contributed by atoms with van der Waals surface area (Å²) < 4.78 is 10.4. The highest BCUT2D eigenvalue weighted by atomic mass is 35.5. The van der Waals surface area contributed by atoms with Crippen LogP contribution in [0.4, 0.5) is 4.79 Å². The Hall–Kier alpha value is -1.46. The first-order valence-corrected chi connectivity index (χ1v) is 6.82. The molecule has 2 N–H and O–H groups in total. The van der Waals surface area contributed by atoms with Gasteiger partial charge in [0, 0.05) is 25.3 Å². The number of benzene rings is 1. The van der Waals surface area contributed by atoms with Crippen molar-refractivity contribution in [3.05, 3.63) is 28.3 Å². The van der Waals surface area contributed by atoms with Crippen LogP contribution in [0.3, 0.4) is 0 Å². The minimum Gasteiger partial charge on any atom is -0.473 e. The molecule has 5 nitrogen and oxygen atoms in total. The Bertz CT molecular complexity index is 429. The van der Waals surface area contributed by atoms with Crippen LogP contribution in [-0.4, -0.2) is 33.0 Å². The zero-order valence-electron chi connectivity index (χ0n) is 12.1. The molecule has 1 aromatic carbocycles. The van der Waals surface area contributed by atoms with Gasteiger partial charge in [-0.1, -0.05) is 11.6 Å². The number of carbonyl (C=O) groups is 1. The molecular weight excluding hydrogens is 280 g/mol. The van der Waals surface area contributed by atoms with Crippen LogP contribution in [0.5, 0.6) is 5.75 Å². The topological polar surface area (TPSA) is 59.6 Å². The summed E-state index contributed by atoms with van der Waals surface area (Å²) in [6.45, 7) is 5.13. The van der Waals surface area contributed by atoms with Gasteiger partial charge in [-0.15, -0.1) is 0 Å². The molecule has 0 fully saturated rings. The van der Waals surface area contributed by atoms with Crippen molar-refractivity contribution < 1.29 is 14.3 Å². The lowest BCUT2D eigenvalue weighted by atomic mass is 10.1. The molecule has 20 heavy (non-hydrogen) atoms. The van der Waals surface area contributed by atoms with Gasteiger partial charge in [0.25, 0.3) is 0 Å². The van der Waals surface area contributed by atoms with Crippen molar-refractivity contribution in [1.29, 1.82) is 0 Å². The molecule has 6 heteroatoms. The van der Waals surface area contributed by atoms with Gasteiger partial charge in [-0.25, -0.2) is 4.79 Å². The van der Waals surface area contributed by atoms with E-state index in [9.17, 15) is 4.79 Å². The average molecular weight is 301 g/mol. The summed E-state index contributed by atoms with van der Waals surface area (Å²) >= 11 is 6.07. The van der Waals surface area contributed by atoms with Gasteiger partial charge in [-0.2, -0.15) is 0 Å². The maximum atomic E-state index is 11.4. The van der Waals surface area contributed by atoms with Crippen LogP contribution in [0.25, 0.3) is 0 Å². The molecule has 1 aromatic rings. The zero-order chi connectivity index (χ0) is 15.0. The van der Waals surface area contributed by atoms with Gasteiger partial charge in [0.2, 0.25) is 0 Å². The summed E-state index contributed by atoms with van der Waals surface area (Å²) in [5.41, 5.74) is 1.90. The van der Waals surface area contributed by atoms with Crippen LogP contribution in [0.15, 0.2) is 12.1 Å². The average Bonchev–Trinajstić information content (AvgIpc) is 2.41. The molecule has 0 unspecified atom stereocenters. The van der Waals surface area contributed by atoms with Crippen LogP contribution >= 0.6 is 11.6 Å². The van der Waals surface area contributed by atoms with Crippen LogP contribution in [-0.2, 0) is 4.74 Å².